The molecule has 0 aromatic carbocycles. The lowest BCUT2D eigenvalue weighted by Crippen LogP contribution is -2.22. The van der Waals surface area contributed by atoms with Crippen LogP contribution in [0.5, 0.6) is 0 Å². The largest absolute Gasteiger partial charge is 0.481 e. The molecule has 0 saturated heterocycles. The quantitative estimate of drug-likeness (QED) is 0.665. The summed E-state index contributed by atoms with van der Waals surface area (Å²) >= 11 is 0. The van der Waals surface area contributed by atoms with E-state index in [2.05, 4.69) is 0 Å². The first-order valence-electron chi connectivity index (χ1n) is 3.75. The predicted octanol–water partition coefficient (Wildman–Crippen LogP) is 1.67. The standard InChI is InChI=1S/C8H16O3/c1-8(2,11-3)6-4-5-7(9)10/h4-6H2,1-3H3,(H,9,10). The van der Waals surface area contributed by atoms with E-state index in [0.717, 1.165) is 6.42 Å². The third-order valence-corrected chi connectivity index (χ3v) is 1.72. The minimum absolute atomic E-state index is 0.185. The molecule has 0 unspecified atom stereocenters. The summed E-state index contributed by atoms with van der Waals surface area (Å²) in [6.07, 6.45) is 1.69. The van der Waals surface area contributed by atoms with Crippen molar-refractivity contribution in [2.75, 3.05) is 7.11 Å². The Morgan fingerprint density at radius 3 is 2.45 bits per heavy atom. The fourth-order valence-electron chi connectivity index (χ4n) is 0.767. The van der Waals surface area contributed by atoms with E-state index in [1.165, 1.54) is 0 Å². The SMILES string of the molecule is COC(C)(C)CCCC(=O)O. The van der Waals surface area contributed by atoms with Crippen LogP contribution in [0, 0.1) is 0 Å². The zero-order chi connectivity index (χ0) is 8.91. The van der Waals surface area contributed by atoms with E-state index >= 15 is 0 Å². The van der Waals surface area contributed by atoms with Gasteiger partial charge in [0.2, 0.25) is 0 Å². The smallest absolute Gasteiger partial charge is 0.303 e. The lowest BCUT2D eigenvalue weighted by Gasteiger charge is -2.21. The van der Waals surface area contributed by atoms with E-state index in [4.69, 9.17) is 9.84 Å². The lowest BCUT2D eigenvalue weighted by molar-refractivity contribution is -0.137. The van der Waals surface area contributed by atoms with Gasteiger partial charge in [-0.15, -0.1) is 0 Å². The Balaban J connectivity index is 3.45. The molecular formula is C8H16O3. The van der Waals surface area contributed by atoms with Crippen molar-refractivity contribution in [3.05, 3.63) is 0 Å². The lowest BCUT2D eigenvalue weighted by atomic mass is 10.0. The van der Waals surface area contributed by atoms with Crippen molar-refractivity contribution in [3.63, 3.8) is 0 Å². The average molecular weight is 160 g/mol. The summed E-state index contributed by atoms with van der Waals surface area (Å²) in [5.74, 6) is -0.739. The fraction of sp³-hybridized carbons (Fsp3) is 0.875. The maximum Gasteiger partial charge on any atom is 0.303 e. The van der Waals surface area contributed by atoms with Gasteiger partial charge in [0, 0.05) is 13.5 Å². The van der Waals surface area contributed by atoms with Crippen LogP contribution in [0.3, 0.4) is 0 Å². The minimum atomic E-state index is -0.739. The second-order valence-electron chi connectivity index (χ2n) is 3.21. The molecule has 0 radical (unpaired) electrons. The summed E-state index contributed by atoms with van der Waals surface area (Å²) in [7, 11) is 1.64. The molecular weight excluding hydrogens is 144 g/mol. The van der Waals surface area contributed by atoms with Gasteiger partial charge < -0.3 is 9.84 Å². The first-order chi connectivity index (χ1) is 4.98. The number of aliphatic carboxylic acids is 1. The first-order valence-corrected chi connectivity index (χ1v) is 3.75. The molecule has 0 saturated carbocycles. The van der Waals surface area contributed by atoms with Crippen molar-refractivity contribution >= 4 is 5.97 Å². The number of rotatable bonds is 5. The molecule has 1 N–H and O–H groups in total. The highest BCUT2D eigenvalue weighted by molar-refractivity contribution is 5.66. The number of carboxylic acids is 1. The summed E-state index contributed by atoms with van der Waals surface area (Å²) in [6.45, 7) is 3.91. The van der Waals surface area contributed by atoms with E-state index in [0.29, 0.717) is 6.42 Å². The van der Waals surface area contributed by atoms with Gasteiger partial charge in [-0.2, -0.15) is 0 Å². The molecule has 3 heteroatoms. The van der Waals surface area contributed by atoms with Gasteiger partial charge in [0.1, 0.15) is 0 Å². The monoisotopic (exact) mass is 160 g/mol. The normalized spacial score (nSPS) is 11.5. The van der Waals surface area contributed by atoms with Gasteiger partial charge in [-0.25, -0.2) is 0 Å². The molecule has 0 aromatic heterocycles. The molecule has 0 aromatic rings. The van der Waals surface area contributed by atoms with Crippen molar-refractivity contribution in [2.24, 2.45) is 0 Å². The summed E-state index contributed by atoms with van der Waals surface area (Å²) in [6, 6.07) is 0. The zero-order valence-electron chi connectivity index (χ0n) is 7.39. The molecule has 0 fully saturated rings. The summed E-state index contributed by atoms with van der Waals surface area (Å²) in [5, 5.41) is 8.34. The number of methoxy groups -OCH3 is 1. The second kappa shape index (κ2) is 4.34. The molecule has 3 nitrogen and oxygen atoms in total. The van der Waals surface area contributed by atoms with Crippen LogP contribution in [-0.2, 0) is 9.53 Å². The van der Waals surface area contributed by atoms with Crippen LogP contribution in [-0.4, -0.2) is 23.8 Å². The third kappa shape index (κ3) is 5.85. The molecule has 0 heterocycles. The summed E-state index contributed by atoms with van der Waals surface area (Å²) < 4.78 is 5.13. The molecule has 0 spiro atoms. The van der Waals surface area contributed by atoms with E-state index < -0.39 is 5.97 Å². The molecule has 0 bridgehead atoms. The molecule has 11 heavy (non-hydrogen) atoms. The van der Waals surface area contributed by atoms with Crippen LogP contribution in [0.4, 0.5) is 0 Å². The minimum Gasteiger partial charge on any atom is -0.481 e. The molecule has 0 amide bonds. The summed E-state index contributed by atoms with van der Waals surface area (Å²) in [5.41, 5.74) is -0.185. The molecule has 0 rings (SSSR count). The molecule has 0 atom stereocenters. The number of carbonyl (C=O) groups is 1. The maximum absolute atomic E-state index is 10.1. The zero-order valence-corrected chi connectivity index (χ0v) is 7.39. The van der Waals surface area contributed by atoms with E-state index in [9.17, 15) is 4.79 Å². The Hall–Kier alpha value is -0.570. The highest BCUT2D eigenvalue weighted by atomic mass is 16.5. The first kappa shape index (κ1) is 10.4. The number of hydrogen-bond acceptors (Lipinski definition) is 2. The van der Waals surface area contributed by atoms with Crippen LogP contribution in [0.1, 0.15) is 33.1 Å². The van der Waals surface area contributed by atoms with Crippen molar-refractivity contribution in [1.82, 2.24) is 0 Å². The van der Waals surface area contributed by atoms with Gasteiger partial charge in [-0.1, -0.05) is 0 Å². The Morgan fingerprint density at radius 2 is 2.09 bits per heavy atom. The second-order valence-corrected chi connectivity index (χ2v) is 3.21. The Bertz CT molecular complexity index is 129. The van der Waals surface area contributed by atoms with E-state index in [1.807, 2.05) is 13.8 Å². The van der Waals surface area contributed by atoms with Gasteiger partial charge in [0.15, 0.2) is 0 Å². The van der Waals surface area contributed by atoms with E-state index in [1.54, 1.807) is 7.11 Å². The Morgan fingerprint density at radius 1 is 1.55 bits per heavy atom. The number of carboxylic acid groups (broad SMARTS) is 1. The van der Waals surface area contributed by atoms with Crippen LogP contribution in [0.2, 0.25) is 0 Å². The van der Waals surface area contributed by atoms with Crippen LogP contribution in [0.25, 0.3) is 0 Å². The van der Waals surface area contributed by atoms with Gasteiger partial charge in [0.05, 0.1) is 5.60 Å². The molecule has 0 aliphatic carbocycles. The van der Waals surface area contributed by atoms with Crippen molar-refractivity contribution in [1.29, 1.82) is 0 Å². The van der Waals surface area contributed by atoms with E-state index in [-0.39, 0.29) is 12.0 Å². The highest BCUT2D eigenvalue weighted by Gasteiger charge is 2.15. The average Bonchev–Trinajstić information content (AvgIpc) is 1.87. The number of ether oxygens (including phenoxy) is 1. The molecule has 0 aliphatic rings. The molecule has 0 aliphatic heterocycles. The van der Waals surface area contributed by atoms with Gasteiger partial charge in [-0.05, 0) is 26.7 Å². The third-order valence-electron chi connectivity index (χ3n) is 1.72. The van der Waals surface area contributed by atoms with Crippen molar-refractivity contribution < 1.29 is 14.6 Å². The highest BCUT2D eigenvalue weighted by Crippen LogP contribution is 2.16. The maximum atomic E-state index is 10.1. The van der Waals surface area contributed by atoms with Crippen molar-refractivity contribution in [2.45, 2.75) is 38.7 Å². The fourth-order valence-corrected chi connectivity index (χ4v) is 0.767. The van der Waals surface area contributed by atoms with Crippen molar-refractivity contribution in [3.8, 4) is 0 Å². The Kier molecular flexibility index (Phi) is 4.11. The van der Waals surface area contributed by atoms with Gasteiger partial charge >= 0.3 is 5.97 Å². The van der Waals surface area contributed by atoms with Crippen LogP contribution < -0.4 is 0 Å². The number of hydrogen-bond donors (Lipinski definition) is 1. The predicted molar refractivity (Wildman–Crippen MR) is 42.6 cm³/mol. The van der Waals surface area contributed by atoms with Gasteiger partial charge in [0.25, 0.3) is 0 Å². The molecule has 66 valence electrons. The van der Waals surface area contributed by atoms with Gasteiger partial charge in [-0.3, -0.25) is 4.79 Å². The van der Waals surface area contributed by atoms with Crippen LogP contribution in [0.15, 0.2) is 0 Å². The van der Waals surface area contributed by atoms with Crippen LogP contribution >= 0.6 is 0 Å². The topological polar surface area (TPSA) is 46.5 Å². The Labute approximate surface area is 67.4 Å². The summed E-state index contributed by atoms with van der Waals surface area (Å²) in [4.78, 5) is 10.1.